The van der Waals surface area contributed by atoms with Gasteiger partial charge < -0.3 is 11.1 Å². The number of aromatic nitrogens is 1. The van der Waals surface area contributed by atoms with Crippen molar-refractivity contribution < 1.29 is 0 Å². The summed E-state index contributed by atoms with van der Waals surface area (Å²) in [7, 11) is 0. The van der Waals surface area contributed by atoms with Crippen molar-refractivity contribution in [2.24, 2.45) is 0 Å². The van der Waals surface area contributed by atoms with Crippen molar-refractivity contribution in [3.8, 4) is 0 Å². The lowest BCUT2D eigenvalue weighted by molar-refractivity contribution is 1.33. The molecule has 1 heterocycles. The van der Waals surface area contributed by atoms with Gasteiger partial charge in [-0.2, -0.15) is 0 Å². The zero-order chi connectivity index (χ0) is 11.5. The van der Waals surface area contributed by atoms with Crippen LogP contribution in [-0.4, -0.2) is 4.98 Å². The van der Waals surface area contributed by atoms with E-state index in [0.717, 1.165) is 15.8 Å². The predicted octanol–water partition coefficient (Wildman–Crippen LogP) is 3.48. The average molecular weight is 278 g/mol. The fourth-order valence-electron chi connectivity index (χ4n) is 1.32. The van der Waals surface area contributed by atoms with E-state index in [1.165, 1.54) is 5.56 Å². The first-order chi connectivity index (χ1) is 7.65. The highest BCUT2D eigenvalue weighted by molar-refractivity contribution is 9.10. The van der Waals surface area contributed by atoms with Gasteiger partial charge in [-0.3, -0.25) is 0 Å². The molecule has 0 radical (unpaired) electrons. The van der Waals surface area contributed by atoms with Crippen molar-refractivity contribution in [3.05, 3.63) is 46.6 Å². The van der Waals surface area contributed by atoms with Crippen LogP contribution in [0, 0.1) is 6.92 Å². The molecule has 16 heavy (non-hydrogen) atoms. The van der Waals surface area contributed by atoms with E-state index < -0.39 is 0 Å². The molecule has 3 N–H and O–H groups in total. The second kappa shape index (κ2) is 4.53. The molecule has 0 bridgehead atoms. The Balaban J connectivity index is 2.20. The molecule has 2 aromatic rings. The van der Waals surface area contributed by atoms with E-state index in [9.17, 15) is 0 Å². The van der Waals surface area contributed by atoms with Crippen LogP contribution in [-0.2, 0) is 0 Å². The number of benzene rings is 1. The molecule has 4 heteroatoms. The molecule has 0 saturated heterocycles. The number of nitrogens with zero attached hydrogens (tertiary/aromatic N) is 1. The molecule has 0 unspecified atom stereocenters. The molecule has 3 nitrogen and oxygen atoms in total. The molecule has 2 rings (SSSR count). The van der Waals surface area contributed by atoms with Crippen LogP contribution in [0.3, 0.4) is 0 Å². The summed E-state index contributed by atoms with van der Waals surface area (Å²) in [5.74, 6) is 0.524. The van der Waals surface area contributed by atoms with Gasteiger partial charge in [0.2, 0.25) is 0 Å². The van der Waals surface area contributed by atoms with Crippen LogP contribution in [0.5, 0.6) is 0 Å². The number of nitrogens with two attached hydrogens (primary N) is 1. The molecule has 1 aromatic carbocycles. The van der Waals surface area contributed by atoms with Crippen molar-refractivity contribution in [3.63, 3.8) is 0 Å². The summed E-state index contributed by atoms with van der Waals surface area (Å²) in [6, 6.07) is 9.78. The first-order valence-corrected chi connectivity index (χ1v) is 5.69. The van der Waals surface area contributed by atoms with Gasteiger partial charge >= 0.3 is 0 Å². The standard InChI is InChI=1S/C12H12BrN3/c1-8-2-3-9(6-11(8)13)16-10-4-5-12(14)15-7-10/h2-7,16H,1H3,(H2,14,15). The number of halogens is 1. The van der Waals surface area contributed by atoms with Crippen molar-refractivity contribution >= 4 is 33.1 Å². The maximum atomic E-state index is 5.52. The molecule has 82 valence electrons. The molecule has 0 aliphatic rings. The summed E-state index contributed by atoms with van der Waals surface area (Å²) < 4.78 is 1.08. The number of pyridine rings is 1. The maximum Gasteiger partial charge on any atom is 0.123 e. The molecule has 0 saturated carbocycles. The van der Waals surface area contributed by atoms with E-state index in [4.69, 9.17) is 5.73 Å². The van der Waals surface area contributed by atoms with E-state index in [-0.39, 0.29) is 0 Å². The van der Waals surface area contributed by atoms with Gasteiger partial charge in [0, 0.05) is 10.2 Å². The Morgan fingerprint density at radius 1 is 1.19 bits per heavy atom. The summed E-state index contributed by atoms with van der Waals surface area (Å²) in [5, 5.41) is 3.25. The van der Waals surface area contributed by atoms with Gasteiger partial charge in [0.05, 0.1) is 11.9 Å². The van der Waals surface area contributed by atoms with Crippen LogP contribution in [0.25, 0.3) is 0 Å². The Labute approximate surface area is 103 Å². The van der Waals surface area contributed by atoms with Crippen molar-refractivity contribution in [2.75, 3.05) is 11.1 Å². The van der Waals surface area contributed by atoms with Gasteiger partial charge in [-0.25, -0.2) is 4.98 Å². The summed E-state index contributed by atoms with van der Waals surface area (Å²) in [5.41, 5.74) is 8.67. The van der Waals surface area contributed by atoms with E-state index in [0.29, 0.717) is 5.82 Å². The van der Waals surface area contributed by atoms with Crippen LogP contribution in [0.4, 0.5) is 17.2 Å². The van der Waals surface area contributed by atoms with Gasteiger partial charge in [-0.05, 0) is 36.8 Å². The Morgan fingerprint density at radius 3 is 2.56 bits per heavy atom. The number of rotatable bonds is 2. The van der Waals surface area contributed by atoms with Crippen LogP contribution >= 0.6 is 15.9 Å². The average Bonchev–Trinajstić information content (AvgIpc) is 2.27. The quantitative estimate of drug-likeness (QED) is 0.884. The Hall–Kier alpha value is -1.55. The Morgan fingerprint density at radius 2 is 1.94 bits per heavy atom. The SMILES string of the molecule is Cc1ccc(Nc2ccc(N)nc2)cc1Br. The fourth-order valence-corrected chi connectivity index (χ4v) is 1.70. The van der Waals surface area contributed by atoms with Gasteiger partial charge in [0.1, 0.15) is 5.82 Å². The molecule has 0 amide bonds. The monoisotopic (exact) mass is 277 g/mol. The molecule has 0 spiro atoms. The fraction of sp³-hybridized carbons (Fsp3) is 0.0833. The zero-order valence-corrected chi connectivity index (χ0v) is 10.5. The highest BCUT2D eigenvalue weighted by atomic mass is 79.9. The highest BCUT2D eigenvalue weighted by Crippen LogP contribution is 2.23. The third kappa shape index (κ3) is 2.52. The molecule has 0 atom stereocenters. The van der Waals surface area contributed by atoms with Crippen LogP contribution in [0.15, 0.2) is 41.0 Å². The first-order valence-electron chi connectivity index (χ1n) is 4.90. The van der Waals surface area contributed by atoms with Gasteiger partial charge in [0.15, 0.2) is 0 Å². The number of nitrogens with one attached hydrogen (secondary N) is 1. The van der Waals surface area contributed by atoms with Gasteiger partial charge in [-0.15, -0.1) is 0 Å². The van der Waals surface area contributed by atoms with Crippen LogP contribution in [0.1, 0.15) is 5.56 Å². The minimum Gasteiger partial charge on any atom is -0.384 e. The van der Waals surface area contributed by atoms with Crippen molar-refractivity contribution in [1.29, 1.82) is 0 Å². The Kier molecular flexibility index (Phi) is 3.10. The van der Waals surface area contributed by atoms with E-state index in [1.54, 1.807) is 12.3 Å². The predicted molar refractivity (Wildman–Crippen MR) is 70.8 cm³/mol. The lowest BCUT2D eigenvalue weighted by Gasteiger charge is -2.07. The normalized spacial score (nSPS) is 10.1. The van der Waals surface area contributed by atoms with Crippen molar-refractivity contribution in [1.82, 2.24) is 4.98 Å². The molecular formula is C12H12BrN3. The topological polar surface area (TPSA) is 50.9 Å². The molecule has 1 aromatic heterocycles. The van der Waals surface area contributed by atoms with Crippen molar-refractivity contribution in [2.45, 2.75) is 6.92 Å². The summed E-state index contributed by atoms with van der Waals surface area (Å²) >= 11 is 3.50. The number of aryl methyl sites for hydroxylation is 1. The van der Waals surface area contributed by atoms with E-state index in [2.05, 4.69) is 39.2 Å². The maximum absolute atomic E-state index is 5.52. The molecule has 0 aliphatic carbocycles. The summed E-state index contributed by atoms with van der Waals surface area (Å²) in [4.78, 5) is 4.02. The first kappa shape index (κ1) is 11.0. The molecular weight excluding hydrogens is 266 g/mol. The lowest BCUT2D eigenvalue weighted by atomic mass is 10.2. The molecule has 0 aliphatic heterocycles. The summed E-state index contributed by atoms with van der Waals surface area (Å²) in [6.45, 7) is 2.05. The number of hydrogen-bond acceptors (Lipinski definition) is 3. The third-order valence-corrected chi connectivity index (χ3v) is 3.10. The second-order valence-corrected chi connectivity index (χ2v) is 4.42. The number of nitrogen functional groups attached to an aromatic ring is 1. The van der Waals surface area contributed by atoms with E-state index >= 15 is 0 Å². The largest absolute Gasteiger partial charge is 0.384 e. The third-order valence-electron chi connectivity index (χ3n) is 2.25. The molecule has 0 fully saturated rings. The highest BCUT2D eigenvalue weighted by Gasteiger charge is 1.98. The summed E-state index contributed by atoms with van der Waals surface area (Å²) in [6.07, 6.45) is 1.71. The number of hydrogen-bond donors (Lipinski definition) is 2. The number of anilines is 3. The van der Waals surface area contributed by atoms with E-state index in [1.807, 2.05) is 18.2 Å². The Bertz CT molecular complexity index is 494. The second-order valence-electron chi connectivity index (χ2n) is 3.56. The minimum atomic E-state index is 0.524. The van der Waals surface area contributed by atoms with Crippen LogP contribution < -0.4 is 11.1 Å². The minimum absolute atomic E-state index is 0.524. The smallest absolute Gasteiger partial charge is 0.123 e. The van der Waals surface area contributed by atoms with Gasteiger partial charge in [-0.1, -0.05) is 22.0 Å². The van der Waals surface area contributed by atoms with Crippen LogP contribution in [0.2, 0.25) is 0 Å². The van der Waals surface area contributed by atoms with Gasteiger partial charge in [0.25, 0.3) is 0 Å². The zero-order valence-electron chi connectivity index (χ0n) is 8.87. The lowest BCUT2D eigenvalue weighted by Crippen LogP contribution is -1.94.